The van der Waals surface area contributed by atoms with Gasteiger partial charge >= 0.3 is 11.9 Å². The number of hydrogen-bond donors (Lipinski definition) is 2. The van der Waals surface area contributed by atoms with Gasteiger partial charge in [-0.3, -0.25) is 4.79 Å². The van der Waals surface area contributed by atoms with Crippen molar-refractivity contribution in [3.05, 3.63) is 0 Å². The van der Waals surface area contributed by atoms with E-state index in [0.29, 0.717) is 6.61 Å². The first-order chi connectivity index (χ1) is 9.57. The Balaban J connectivity index is 3.41. The van der Waals surface area contributed by atoms with E-state index >= 15 is 0 Å². The Bertz CT molecular complexity index is 266. The maximum Gasteiger partial charge on any atom is 0.336 e. The summed E-state index contributed by atoms with van der Waals surface area (Å²) >= 11 is 0. The molecule has 0 heterocycles. The van der Waals surface area contributed by atoms with E-state index in [1.165, 1.54) is 32.1 Å². The van der Waals surface area contributed by atoms with Crippen LogP contribution in [-0.4, -0.2) is 34.9 Å². The molecular formula is C14H26O6. The molecule has 0 aliphatic carbocycles. The lowest BCUT2D eigenvalue weighted by Crippen LogP contribution is -2.27. The van der Waals surface area contributed by atoms with Gasteiger partial charge in [-0.25, -0.2) is 14.6 Å². The number of hydrogen-bond acceptors (Lipinski definition) is 4. The Labute approximate surface area is 120 Å². The summed E-state index contributed by atoms with van der Waals surface area (Å²) in [5, 5.41) is 17.2. The zero-order chi connectivity index (χ0) is 15.2. The number of carboxylic acid groups (broad SMARTS) is 2. The second kappa shape index (κ2) is 12.9. The molecule has 0 spiro atoms. The molecule has 0 aliphatic heterocycles. The van der Waals surface area contributed by atoms with Gasteiger partial charge in [-0.05, 0) is 6.42 Å². The Morgan fingerprint density at radius 1 is 0.950 bits per heavy atom. The standard InChI is InChI=1S/C14H26O6/c1-2-3-4-5-6-7-8-9-10-19-20-12(14(17)18)11-13(15)16/h12H,2-11H2,1H3,(H,15,16)(H,17,18). The molecule has 0 bridgehead atoms. The molecule has 20 heavy (non-hydrogen) atoms. The van der Waals surface area contributed by atoms with Crippen molar-refractivity contribution in [1.29, 1.82) is 0 Å². The molecule has 0 aromatic carbocycles. The van der Waals surface area contributed by atoms with Crippen LogP contribution in [0.1, 0.15) is 64.7 Å². The third-order valence-corrected chi connectivity index (χ3v) is 2.90. The van der Waals surface area contributed by atoms with Crippen LogP contribution in [0.2, 0.25) is 0 Å². The van der Waals surface area contributed by atoms with Gasteiger partial charge in [-0.1, -0.05) is 51.9 Å². The predicted octanol–water partition coefficient (Wildman–Crippen LogP) is 3.00. The highest BCUT2D eigenvalue weighted by molar-refractivity contribution is 5.79. The van der Waals surface area contributed by atoms with Crippen LogP contribution >= 0.6 is 0 Å². The highest BCUT2D eigenvalue weighted by Gasteiger charge is 2.22. The number of carboxylic acids is 2. The molecule has 1 unspecified atom stereocenters. The third kappa shape index (κ3) is 11.9. The number of aliphatic carboxylic acids is 2. The van der Waals surface area contributed by atoms with Gasteiger partial charge in [0.25, 0.3) is 0 Å². The molecule has 2 N–H and O–H groups in total. The van der Waals surface area contributed by atoms with Crippen molar-refractivity contribution in [1.82, 2.24) is 0 Å². The summed E-state index contributed by atoms with van der Waals surface area (Å²) in [6.07, 6.45) is 7.15. The lowest BCUT2D eigenvalue weighted by Gasteiger charge is -2.10. The first-order valence-corrected chi connectivity index (χ1v) is 7.30. The van der Waals surface area contributed by atoms with Crippen molar-refractivity contribution in [3.8, 4) is 0 Å². The van der Waals surface area contributed by atoms with Crippen LogP contribution < -0.4 is 0 Å². The van der Waals surface area contributed by atoms with Crippen molar-refractivity contribution in [2.45, 2.75) is 70.8 Å². The predicted molar refractivity (Wildman–Crippen MR) is 73.3 cm³/mol. The van der Waals surface area contributed by atoms with Crippen molar-refractivity contribution < 1.29 is 29.6 Å². The van der Waals surface area contributed by atoms with Crippen LogP contribution in [0.4, 0.5) is 0 Å². The van der Waals surface area contributed by atoms with E-state index in [0.717, 1.165) is 19.3 Å². The smallest absolute Gasteiger partial charge is 0.336 e. The average Bonchev–Trinajstić information content (AvgIpc) is 2.39. The lowest BCUT2D eigenvalue weighted by atomic mass is 10.1. The van der Waals surface area contributed by atoms with Crippen LogP contribution in [0.25, 0.3) is 0 Å². The Hall–Kier alpha value is -1.14. The number of unbranched alkanes of at least 4 members (excludes halogenated alkanes) is 7. The third-order valence-electron chi connectivity index (χ3n) is 2.90. The van der Waals surface area contributed by atoms with E-state index in [1.807, 2.05) is 0 Å². The summed E-state index contributed by atoms with van der Waals surface area (Å²) in [5.41, 5.74) is 0. The van der Waals surface area contributed by atoms with Crippen molar-refractivity contribution >= 4 is 11.9 Å². The molecular weight excluding hydrogens is 264 g/mol. The monoisotopic (exact) mass is 290 g/mol. The topological polar surface area (TPSA) is 93.1 Å². The molecule has 0 saturated heterocycles. The van der Waals surface area contributed by atoms with E-state index in [1.54, 1.807) is 0 Å². The van der Waals surface area contributed by atoms with Crippen LogP contribution in [0, 0.1) is 0 Å². The molecule has 0 aromatic heterocycles. The van der Waals surface area contributed by atoms with Gasteiger partial charge in [-0.2, -0.15) is 0 Å². The van der Waals surface area contributed by atoms with Gasteiger partial charge in [0.1, 0.15) is 0 Å². The van der Waals surface area contributed by atoms with Crippen LogP contribution in [-0.2, 0) is 19.4 Å². The summed E-state index contributed by atoms with van der Waals surface area (Å²) in [7, 11) is 0. The molecule has 0 saturated carbocycles. The largest absolute Gasteiger partial charge is 0.481 e. The van der Waals surface area contributed by atoms with E-state index in [-0.39, 0.29) is 0 Å². The molecule has 6 nitrogen and oxygen atoms in total. The van der Waals surface area contributed by atoms with E-state index in [9.17, 15) is 9.59 Å². The molecule has 0 rings (SSSR count). The molecule has 0 amide bonds. The van der Waals surface area contributed by atoms with Crippen molar-refractivity contribution in [2.24, 2.45) is 0 Å². The fourth-order valence-corrected chi connectivity index (χ4v) is 1.75. The Kier molecular flexibility index (Phi) is 12.1. The summed E-state index contributed by atoms with van der Waals surface area (Å²) in [6.45, 7) is 2.48. The van der Waals surface area contributed by atoms with Gasteiger partial charge in [-0.15, -0.1) is 0 Å². The van der Waals surface area contributed by atoms with Gasteiger partial charge in [0.05, 0.1) is 13.0 Å². The molecule has 0 fully saturated rings. The summed E-state index contributed by atoms with van der Waals surface area (Å²) in [4.78, 5) is 30.4. The number of carbonyl (C=O) groups is 2. The highest BCUT2D eigenvalue weighted by Crippen LogP contribution is 2.09. The second-order valence-electron chi connectivity index (χ2n) is 4.82. The summed E-state index contributed by atoms with van der Waals surface area (Å²) < 4.78 is 0. The fourth-order valence-electron chi connectivity index (χ4n) is 1.75. The normalized spacial score (nSPS) is 12.2. The lowest BCUT2D eigenvalue weighted by molar-refractivity contribution is -0.320. The molecule has 1 atom stereocenters. The average molecular weight is 290 g/mol. The molecule has 118 valence electrons. The second-order valence-corrected chi connectivity index (χ2v) is 4.82. The van der Waals surface area contributed by atoms with Gasteiger partial charge in [0, 0.05) is 0 Å². The van der Waals surface area contributed by atoms with Gasteiger partial charge < -0.3 is 10.2 Å². The molecule has 6 heteroatoms. The highest BCUT2D eigenvalue weighted by atomic mass is 17.2. The minimum absolute atomic E-state index is 0.290. The first-order valence-electron chi connectivity index (χ1n) is 7.30. The van der Waals surface area contributed by atoms with Crippen molar-refractivity contribution in [2.75, 3.05) is 6.61 Å². The maximum atomic E-state index is 10.7. The summed E-state index contributed by atoms with van der Waals surface area (Å²) in [6, 6.07) is 0. The maximum absolute atomic E-state index is 10.7. The minimum atomic E-state index is -1.44. The van der Waals surface area contributed by atoms with Gasteiger partial charge in [0.15, 0.2) is 6.10 Å². The SMILES string of the molecule is CCCCCCCCCCOOC(CC(=O)O)C(=O)O. The zero-order valence-corrected chi connectivity index (χ0v) is 12.2. The van der Waals surface area contributed by atoms with E-state index < -0.39 is 24.5 Å². The van der Waals surface area contributed by atoms with Gasteiger partial charge in [0.2, 0.25) is 0 Å². The van der Waals surface area contributed by atoms with Crippen molar-refractivity contribution in [3.63, 3.8) is 0 Å². The summed E-state index contributed by atoms with van der Waals surface area (Å²) in [5.74, 6) is -2.56. The molecule has 0 aliphatic rings. The molecule has 0 radical (unpaired) electrons. The Morgan fingerprint density at radius 2 is 1.50 bits per heavy atom. The minimum Gasteiger partial charge on any atom is -0.481 e. The van der Waals surface area contributed by atoms with E-state index in [4.69, 9.17) is 15.1 Å². The zero-order valence-electron chi connectivity index (χ0n) is 12.2. The quantitative estimate of drug-likeness (QED) is 0.290. The Morgan fingerprint density at radius 3 is 2.00 bits per heavy atom. The first kappa shape index (κ1) is 18.9. The van der Waals surface area contributed by atoms with Crippen LogP contribution in [0.15, 0.2) is 0 Å². The van der Waals surface area contributed by atoms with E-state index in [2.05, 4.69) is 11.8 Å². The molecule has 0 aromatic rings. The van der Waals surface area contributed by atoms with Crippen LogP contribution in [0.3, 0.4) is 0 Å². The van der Waals surface area contributed by atoms with Crippen LogP contribution in [0.5, 0.6) is 0 Å². The number of rotatable bonds is 14. The fraction of sp³-hybridized carbons (Fsp3) is 0.857.